The molecule has 1 aromatic rings. The zero-order chi connectivity index (χ0) is 15.5. The van der Waals surface area contributed by atoms with E-state index in [1.165, 1.54) is 17.0 Å². The molecule has 6 heteroatoms. The normalized spacial score (nSPS) is 15.3. The van der Waals surface area contributed by atoms with E-state index in [4.69, 9.17) is 0 Å². The van der Waals surface area contributed by atoms with Gasteiger partial charge in [-0.25, -0.2) is 4.39 Å². The first-order valence-electron chi connectivity index (χ1n) is 7.22. The molecule has 118 valence electrons. The number of benzene rings is 1. The molecule has 1 saturated carbocycles. The van der Waals surface area contributed by atoms with Crippen molar-refractivity contribution in [3.8, 4) is 0 Å². The lowest BCUT2D eigenvalue weighted by Gasteiger charge is -2.26. The van der Waals surface area contributed by atoms with Crippen LogP contribution >= 0.6 is 0 Å². The maximum atomic E-state index is 13.7. The van der Waals surface area contributed by atoms with Gasteiger partial charge in [0, 0.05) is 18.3 Å². The Labute approximate surface area is 122 Å². The summed E-state index contributed by atoms with van der Waals surface area (Å²) in [5.41, 5.74) is 0.995. The molecule has 0 spiro atoms. The van der Waals surface area contributed by atoms with Crippen LogP contribution < -0.4 is 10.2 Å². The summed E-state index contributed by atoms with van der Waals surface area (Å²) >= 11 is 0. The molecule has 0 radical (unpaired) electrons. The highest BCUT2D eigenvalue weighted by Gasteiger charge is 2.38. The van der Waals surface area contributed by atoms with Crippen molar-refractivity contribution in [2.75, 3.05) is 18.0 Å². The Morgan fingerprint density at radius 2 is 1.95 bits per heavy atom. The first-order valence-corrected chi connectivity index (χ1v) is 7.22. The Morgan fingerprint density at radius 1 is 1.24 bits per heavy atom. The van der Waals surface area contributed by atoms with Crippen LogP contribution in [0, 0.1) is 5.82 Å². The van der Waals surface area contributed by atoms with Crippen molar-refractivity contribution in [3.63, 3.8) is 0 Å². The van der Waals surface area contributed by atoms with Crippen LogP contribution in [-0.4, -0.2) is 25.3 Å². The number of halogens is 4. The predicted molar refractivity (Wildman–Crippen MR) is 74.8 cm³/mol. The topological polar surface area (TPSA) is 15.3 Å². The molecule has 0 saturated heterocycles. The van der Waals surface area contributed by atoms with Crippen molar-refractivity contribution in [2.45, 2.75) is 44.9 Å². The van der Waals surface area contributed by atoms with Crippen molar-refractivity contribution >= 4 is 5.69 Å². The molecule has 1 aliphatic carbocycles. The fraction of sp³-hybridized carbons (Fsp3) is 0.600. The third-order valence-electron chi connectivity index (χ3n) is 3.37. The van der Waals surface area contributed by atoms with Crippen LogP contribution in [-0.2, 0) is 6.54 Å². The number of rotatable bonds is 7. The molecule has 0 heterocycles. The van der Waals surface area contributed by atoms with E-state index in [1.54, 1.807) is 6.07 Å². The molecule has 0 bridgehead atoms. The molecular weight excluding hydrogens is 284 g/mol. The van der Waals surface area contributed by atoms with Gasteiger partial charge in [0.05, 0.1) is 0 Å². The largest absolute Gasteiger partial charge is 0.405 e. The second kappa shape index (κ2) is 6.64. The number of alkyl halides is 3. The van der Waals surface area contributed by atoms with Gasteiger partial charge in [0.1, 0.15) is 12.4 Å². The molecule has 1 aromatic carbocycles. The third kappa shape index (κ3) is 5.19. The van der Waals surface area contributed by atoms with Crippen molar-refractivity contribution in [1.82, 2.24) is 5.32 Å². The van der Waals surface area contributed by atoms with Gasteiger partial charge in [0.2, 0.25) is 0 Å². The first kappa shape index (κ1) is 16.1. The van der Waals surface area contributed by atoms with E-state index < -0.39 is 18.5 Å². The van der Waals surface area contributed by atoms with E-state index in [0.29, 0.717) is 17.8 Å². The minimum absolute atomic E-state index is 0.120. The zero-order valence-electron chi connectivity index (χ0n) is 12.0. The Hall–Kier alpha value is -1.30. The van der Waals surface area contributed by atoms with E-state index >= 15 is 0 Å². The summed E-state index contributed by atoms with van der Waals surface area (Å²) in [5.74, 6) is -0.492. The summed E-state index contributed by atoms with van der Waals surface area (Å²) in [5, 5.41) is 3.13. The van der Waals surface area contributed by atoms with Gasteiger partial charge in [0.25, 0.3) is 0 Å². The van der Waals surface area contributed by atoms with Crippen LogP contribution in [0.4, 0.5) is 23.2 Å². The standard InChI is InChI=1S/C15H20F4N2/c1-2-5-20-9-11-6-12(16)8-14(7-11)21(13-3-4-13)10-15(17,18)19/h6-8,13,20H,2-5,9-10H2,1H3. The van der Waals surface area contributed by atoms with E-state index in [1.807, 2.05) is 6.92 Å². The van der Waals surface area contributed by atoms with Gasteiger partial charge < -0.3 is 10.2 Å². The molecule has 0 atom stereocenters. The Balaban J connectivity index is 2.15. The Kier molecular flexibility index (Phi) is 5.08. The lowest BCUT2D eigenvalue weighted by molar-refractivity contribution is -0.120. The molecule has 2 nitrogen and oxygen atoms in total. The minimum Gasteiger partial charge on any atom is -0.359 e. The molecule has 0 aliphatic heterocycles. The second-order valence-electron chi connectivity index (χ2n) is 5.47. The van der Waals surface area contributed by atoms with E-state index in [-0.39, 0.29) is 6.04 Å². The van der Waals surface area contributed by atoms with Crippen LogP contribution in [0.1, 0.15) is 31.7 Å². The average molecular weight is 304 g/mol. The summed E-state index contributed by atoms with van der Waals surface area (Å²) < 4.78 is 51.7. The van der Waals surface area contributed by atoms with E-state index in [2.05, 4.69) is 5.32 Å². The summed E-state index contributed by atoms with van der Waals surface area (Å²) in [7, 11) is 0. The smallest absolute Gasteiger partial charge is 0.359 e. The van der Waals surface area contributed by atoms with Crippen LogP contribution in [0.5, 0.6) is 0 Å². The number of hydrogen-bond acceptors (Lipinski definition) is 2. The predicted octanol–water partition coefficient (Wildman–Crippen LogP) is 3.86. The van der Waals surface area contributed by atoms with Crippen LogP contribution in [0.15, 0.2) is 18.2 Å². The van der Waals surface area contributed by atoms with Crippen molar-refractivity contribution < 1.29 is 17.6 Å². The molecule has 1 aliphatic rings. The molecule has 21 heavy (non-hydrogen) atoms. The lowest BCUT2D eigenvalue weighted by atomic mass is 10.1. The van der Waals surface area contributed by atoms with Crippen LogP contribution in [0.25, 0.3) is 0 Å². The summed E-state index contributed by atoms with van der Waals surface area (Å²) in [6.45, 7) is 2.25. The quantitative estimate of drug-likeness (QED) is 0.608. The second-order valence-corrected chi connectivity index (χ2v) is 5.47. The molecule has 1 N–H and O–H groups in total. The highest BCUT2D eigenvalue weighted by Crippen LogP contribution is 2.35. The summed E-state index contributed by atoms with van der Waals surface area (Å²) in [6, 6.07) is 4.08. The Bertz CT molecular complexity index is 469. The zero-order valence-corrected chi connectivity index (χ0v) is 12.0. The number of anilines is 1. The maximum absolute atomic E-state index is 13.7. The van der Waals surface area contributed by atoms with E-state index in [9.17, 15) is 17.6 Å². The highest BCUT2D eigenvalue weighted by atomic mass is 19.4. The van der Waals surface area contributed by atoms with Crippen molar-refractivity contribution in [2.24, 2.45) is 0 Å². The number of hydrogen-bond donors (Lipinski definition) is 1. The average Bonchev–Trinajstić information content (AvgIpc) is 3.19. The first-order chi connectivity index (χ1) is 9.89. The molecule has 0 unspecified atom stereocenters. The highest BCUT2D eigenvalue weighted by molar-refractivity contribution is 5.51. The summed E-state index contributed by atoms with van der Waals surface area (Å²) in [4.78, 5) is 1.27. The van der Waals surface area contributed by atoms with Gasteiger partial charge >= 0.3 is 6.18 Å². The van der Waals surface area contributed by atoms with Gasteiger partial charge in [-0.15, -0.1) is 0 Å². The third-order valence-corrected chi connectivity index (χ3v) is 3.37. The van der Waals surface area contributed by atoms with Crippen molar-refractivity contribution in [1.29, 1.82) is 0 Å². The SMILES string of the molecule is CCCNCc1cc(F)cc(N(CC(F)(F)F)C2CC2)c1. The Morgan fingerprint density at radius 3 is 2.52 bits per heavy atom. The van der Waals surface area contributed by atoms with Crippen LogP contribution in [0.2, 0.25) is 0 Å². The maximum Gasteiger partial charge on any atom is 0.405 e. The molecule has 0 amide bonds. The van der Waals surface area contributed by atoms with E-state index in [0.717, 1.165) is 25.8 Å². The monoisotopic (exact) mass is 304 g/mol. The lowest BCUT2D eigenvalue weighted by Crippen LogP contribution is -2.36. The molecular formula is C15H20F4N2. The molecule has 0 aromatic heterocycles. The van der Waals surface area contributed by atoms with Gasteiger partial charge in [0.15, 0.2) is 0 Å². The minimum atomic E-state index is -4.28. The molecule has 2 rings (SSSR count). The fourth-order valence-electron chi connectivity index (χ4n) is 2.32. The van der Waals surface area contributed by atoms with Gasteiger partial charge in [-0.05, 0) is 49.6 Å². The van der Waals surface area contributed by atoms with Gasteiger partial charge in [-0.3, -0.25) is 0 Å². The number of nitrogens with one attached hydrogen (secondary N) is 1. The fourth-order valence-corrected chi connectivity index (χ4v) is 2.32. The van der Waals surface area contributed by atoms with Gasteiger partial charge in [-0.1, -0.05) is 6.92 Å². The number of nitrogens with zero attached hydrogens (tertiary/aromatic N) is 1. The summed E-state index contributed by atoms with van der Waals surface area (Å²) in [6.07, 6.45) is -1.87. The molecule has 1 fully saturated rings. The van der Waals surface area contributed by atoms with Gasteiger partial charge in [-0.2, -0.15) is 13.2 Å². The van der Waals surface area contributed by atoms with Crippen LogP contribution in [0.3, 0.4) is 0 Å². The van der Waals surface area contributed by atoms with Crippen molar-refractivity contribution in [3.05, 3.63) is 29.6 Å².